The van der Waals surface area contributed by atoms with E-state index in [9.17, 15) is 0 Å². The van der Waals surface area contributed by atoms with Gasteiger partial charge in [-0.15, -0.1) is 0 Å². The predicted molar refractivity (Wildman–Crippen MR) is 85.7 cm³/mol. The Labute approximate surface area is 126 Å². The Morgan fingerprint density at radius 3 is 2.62 bits per heavy atom. The minimum atomic E-state index is -0.197. The van der Waals surface area contributed by atoms with E-state index in [0.29, 0.717) is 5.84 Å². The first kappa shape index (κ1) is 17.6. The molecule has 0 bridgehead atoms. The number of ether oxygens (including phenoxy) is 1. The molecule has 4 unspecified atom stereocenters. The molecule has 1 fully saturated rings. The van der Waals surface area contributed by atoms with E-state index in [1.54, 1.807) is 6.34 Å². The number of aliphatic hydroxyl groups is 1. The Morgan fingerprint density at radius 2 is 2.00 bits per heavy atom. The lowest BCUT2D eigenvalue weighted by Crippen LogP contribution is -2.47. The highest BCUT2D eigenvalue weighted by Gasteiger charge is 2.40. The molecule has 7 heteroatoms. The third-order valence-electron chi connectivity index (χ3n) is 3.30. The van der Waals surface area contributed by atoms with Crippen LogP contribution in [0.4, 0.5) is 0 Å². The van der Waals surface area contributed by atoms with Crippen LogP contribution < -0.4 is 5.73 Å². The molecule has 1 saturated heterocycles. The largest absolute Gasteiger partial charge is 0.394 e. The predicted octanol–water partition coefficient (Wildman–Crippen LogP) is 0.974. The zero-order chi connectivity index (χ0) is 15.8. The summed E-state index contributed by atoms with van der Waals surface area (Å²) >= 11 is 0. The lowest BCUT2D eigenvalue weighted by atomic mass is 10.2. The number of nitrogens with two attached hydrogens (primary N) is 1. The summed E-state index contributed by atoms with van der Waals surface area (Å²) in [5.41, 5.74) is 5.77. The van der Waals surface area contributed by atoms with Crippen LogP contribution in [0.2, 0.25) is 0 Å². The van der Waals surface area contributed by atoms with Crippen molar-refractivity contribution in [3.05, 3.63) is 0 Å². The van der Waals surface area contributed by atoms with Crippen LogP contribution in [0.15, 0.2) is 15.0 Å². The molecular weight excluding hydrogens is 270 g/mol. The first-order valence-electron chi connectivity index (χ1n) is 7.71. The summed E-state index contributed by atoms with van der Waals surface area (Å²) in [5, 5.41) is 9.06. The number of aliphatic hydroxyl groups excluding tert-OH is 1. The van der Waals surface area contributed by atoms with Gasteiger partial charge in [0, 0.05) is 0 Å². The zero-order valence-corrected chi connectivity index (χ0v) is 13.3. The SMILES string of the molecule is CC.CC.NC1=NC=NC2C1N=CN2C1CCC(CO)O1. The van der Waals surface area contributed by atoms with Gasteiger partial charge >= 0.3 is 0 Å². The van der Waals surface area contributed by atoms with Gasteiger partial charge in [0.05, 0.1) is 19.0 Å². The van der Waals surface area contributed by atoms with Crippen molar-refractivity contribution in [1.29, 1.82) is 0 Å². The van der Waals surface area contributed by atoms with Crippen molar-refractivity contribution in [3.8, 4) is 0 Å². The summed E-state index contributed by atoms with van der Waals surface area (Å²) in [4.78, 5) is 14.5. The monoisotopic (exact) mass is 297 g/mol. The summed E-state index contributed by atoms with van der Waals surface area (Å²) in [6.45, 7) is 8.06. The molecule has 0 aromatic heterocycles. The van der Waals surface area contributed by atoms with Crippen molar-refractivity contribution in [3.63, 3.8) is 0 Å². The summed E-state index contributed by atoms with van der Waals surface area (Å²) in [7, 11) is 0. The van der Waals surface area contributed by atoms with Crippen molar-refractivity contribution >= 4 is 18.5 Å². The van der Waals surface area contributed by atoms with Crippen LogP contribution in [0.25, 0.3) is 0 Å². The summed E-state index contributed by atoms with van der Waals surface area (Å²) in [6.07, 6.45) is 4.62. The van der Waals surface area contributed by atoms with E-state index >= 15 is 0 Å². The highest BCUT2D eigenvalue weighted by atomic mass is 16.5. The minimum Gasteiger partial charge on any atom is -0.394 e. The van der Waals surface area contributed by atoms with Crippen molar-refractivity contribution in [1.82, 2.24) is 4.90 Å². The number of hydrogen-bond acceptors (Lipinski definition) is 7. The van der Waals surface area contributed by atoms with Crippen molar-refractivity contribution < 1.29 is 9.84 Å². The molecule has 7 nitrogen and oxygen atoms in total. The third-order valence-corrected chi connectivity index (χ3v) is 3.30. The highest BCUT2D eigenvalue weighted by Crippen LogP contribution is 2.28. The van der Waals surface area contributed by atoms with E-state index in [1.165, 1.54) is 6.34 Å². The van der Waals surface area contributed by atoms with Crippen LogP contribution in [-0.4, -0.2) is 59.7 Å². The van der Waals surface area contributed by atoms with Gasteiger partial charge in [-0.05, 0) is 12.8 Å². The van der Waals surface area contributed by atoms with Crippen LogP contribution in [0.5, 0.6) is 0 Å². The van der Waals surface area contributed by atoms with Gasteiger partial charge in [0.15, 0.2) is 6.17 Å². The van der Waals surface area contributed by atoms with Gasteiger partial charge in [0.2, 0.25) is 0 Å². The van der Waals surface area contributed by atoms with Crippen molar-refractivity contribution in [2.75, 3.05) is 6.61 Å². The average Bonchev–Trinajstić information content (AvgIpc) is 3.18. The first-order valence-corrected chi connectivity index (χ1v) is 7.71. The topological polar surface area (TPSA) is 95.8 Å². The van der Waals surface area contributed by atoms with Crippen molar-refractivity contribution in [2.45, 2.75) is 65.1 Å². The molecule has 0 aromatic rings. The van der Waals surface area contributed by atoms with E-state index in [0.717, 1.165) is 12.8 Å². The third kappa shape index (κ3) is 3.79. The Balaban J connectivity index is 0.000000510. The molecule has 0 radical (unpaired) electrons. The number of aliphatic imine (C=N–C) groups is 3. The second-order valence-corrected chi connectivity index (χ2v) is 4.36. The molecule has 3 heterocycles. The maximum atomic E-state index is 9.06. The van der Waals surface area contributed by atoms with Crippen LogP contribution in [0.1, 0.15) is 40.5 Å². The fourth-order valence-electron chi connectivity index (χ4n) is 2.37. The highest BCUT2D eigenvalue weighted by molar-refractivity contribution is 5.96. The molecule has 3 N–H and O–H groups in total. The average molecular weight is 297 g/mol. The fourth-order valence-corrected chi connectivity index (χ4v) is 2.37. The second kappa shape index (κ2) is 8.74. The Kier molecular flexibility index (Phi) is 7.31. The molecule has 0 aliphatic carbocycles. The van der Waals surface area contributed by atoms with Gasteiger partial charge in [-0.1, -0.05) is 27.7 Å². The number of fused-ring (bicyclic) bond motifs is 1. The van der Waals surface area contributed by atoms with Crippen LogP contribution in [-0.2, 0) is 4.74 Å². The number of nitrogens with zero attached hydrogens (tertiary/aromatic N) is 4. The van der Waals surface area contributed by atoms with Crippen LogP contribution >= 0.6 is 0 Å². The maximum Gasteiger partial charge on any atom is 0.155 e. The van der Waals surface area contributed by atoms with E-state index in [1.807, 2.05) is 32.6 Å². The van der Waals surface area contributed by atoms with Gasteiger partial charge in [0.25, 0.3) is 0 Å². The summed E-state index contributed by atoms with van der Waals surface area (Å²) in [5.74, 6) is 0.487. The Hall–Kier alpha value is -1.47. The van der Waals surface area contributed by atoms with Crippen LogP contribution in [0, 0.1) is 0 Å². The Bertz CT molecular complexity index is 397. The fraction of sp³-hybridized carbons (Fsp3) is 0.786. The summed E-state index contributed by atoms with van der Waals surface area (Å²) in [6, 6.07) is -0.197. The van der Waals surface area contributed by atoms with E-state index in [2.05, 4.69) is 15.0 Å². The molecule has 3 rings (SSSR count). The quantitative estimate of drug-likeness (QED) is 0.794. The van der Waals surface area contributed by atoms with E-state index < -0.39 is 0 Å². The lowest BCUT2D eigenvalue weighted by Gasteiger charge is -2.30. The van der Waals surface area contributed by atoms with Gasteiger partial charge in [-0.3, -0.25) is 4.99 Å². The molecule has 3 aliphatic rings. The number of rotatable bonds is 2. The van der Waals surface area contributed by atoms with Gasteiger partial charge in [-0.2, -0.15) is 0 Å². The molecule has 0 saturated carbocycles. The van der Waals surface area contributed by atoms with Gasteiger partial charge < -0.3 is 20.5 Å². The first-order chi connectivity index (χ1) is 10.3. The lowest BCUT2D eigenvalue weighted by molar-refractivity contribution is -0.0485. The molecule has 0 amide bonds. The molecule has 0 aromatic carbocycles. The summed E-state index contributed by atoms with van der Waals surface area (Å²) < 4.78 is 5.71. The Morgan fingerprint density at radius 1 is 1.29 bits per heavy atom. The normalized spacial score (nSPS) is 32.6. The van der Waals surface area contributed by atoms with E-state index in [-0.39, 0.29) is 31.1 Å². The maximum absolute atomic E-state index is 9.06. The molecule has 21 heavy (non-hydrogen) atoms. The second-order valence-electron chi connectivity index (χ2n) is 4.36. The standard InChI is InChI=1S/C10H15N5O2.2C2H6/c11-9-8-10(13-4-12-9)15(5-14-8)7-2-1-6(3-16)17-7;2*1-2/h4-8,10,16H,1-3H2,(H2,11,12,13);2*1-2H3. The molecular formula is C14H27N5O2. The number of amidine groups is 1. The van der Waals surface area contributed by atoms with Gasteiger partial charge in [0.1, 0.15) is 24.4 Å². The van der Waals surface area contributed by atoms with Crippen LogP contribution in [0.3, 0.4) is 0 Å². The van der Waals surface area contributed by atoms with Gasteiger partial charge in [-0.25, -0.2) is 9.98 Å². The van der Waals surface area contributed by atoms with E-state index in [4.69, 9.17) is 15.6 Å². The molecule has 3 aliphatic heterocycles. The molecule has 0 spiro atoms. The molecule has 120 valence electrons. The number of hydrogen-bond donors (Lipinski definition) is 2. The zero-order valence-electron chi connectivity index (χ0n) is 13.3. The molecule has 4 atom stereocenters. The minimum absolute atomic E-state index is 0.0580. The smallest absolute Gasteiger partial charge is 0.155 e. The van der Waals surface area contributed by atoms with Crippen molar-refractivity contribution in [2.24, 2.45) is 20.7 Å².